The minimum atomic E-state index is -0.394. The molecule has 5 nitrogen and oxygen atoms in total. The Morgan fingerprint density at radius 1 is 1.00 bits per heavy atom. The first-order valence-electron chi connectivity index (χ1n) is 7.14. The highest BCUT2D eigenvalue weighted by Crippen LogP contribution is 2.22. The van der Waals surface area contributed by atoms with Crippen molar-refractivity contribution in [1.29, 1.82) is 0 Å². The summed E-state index contributed by atoms with van der Waals surface area (Å²) >= 11 is 11.7. The Hall–Kier alpha value is -2.50. The van der Waals surface area contributed by atoms with Crippen LogP contribution >= 0.6 is 23.2 Å². The van der Waals surface area contributed by atoms with Gasteiger partial charge in [-0.2, -0.15) is 0 Å². The number of hydrogen-bond donors (Lipinski definition) is 3. The standard InChI is InChI=1S/C17H13Cl2N3O2/c18-13-6-5-10(7-14(13)19)8-16(23)21-22-17(24)12-9-20-15-4-2-1-3-11(12)15/h1-7,9,20H,8H2,(H,21,23)(H,22,24). The van der Waals surface area contributed by atoms with Gasteiger partial charge in [-0.05, 0) is 23.8 Å². The summed E-state index contributed by atoms with van der Waals surface area (Å²) in [4.78, 5) is 27.1. The van der Waals surface area contributed by atoms with Crippen LogP contribution in [0.1, 0.15) is 15.9 Å². The van der Waals surface area contributed by atoms with Gasteiger partial charge in [-0.1, -0.05) is 47.5 Å². The summed E-state index contributed by atoms with van der Waals surface area (Å²) in [6, 6.07) is 12.4. The number of fused-ring (bicyclic) bond motifs is 1. The number of hydrazine groups is 1. The summed E-state index contributed by atoms with van der Waals surface area (Å²) in [6.07, 6.45) is 1.68. The predicted molar refractivity (Wildman–Crippen MR) is 94.1 cm³/mol. The number of nitrogens with one attached hydrogen (secondary N) is 3. The molecule has 2 aromatic carbocycles. The van der Waals surface area contributed by atoms with Gasteiger partial charge in [0.15, 0.2) is 0 Å². The van der Waals surface area contributed by atoms with E-state index < -0.39 is 5.91 Å². The second-order valence-electron chi connectivity index (χ2n) is 5.18. The Morgan fingerprint density at radius 3 is 2.58 bits per heavy atom. The average Bonchev–Trinajstić information content (AvgIpc) is 3.00. The molecule has 3 aromatic rings. The molecule has 3 N–H and O–H groups in total. The van der Waals surface area contributed by atoms with Crippen LogP contribution in [0.4, 0.5) is 0 Å². The van der Waals surface area contributed by atoms with E-state index >= 15 is 0 Å². The van der Waals surface area contributed by atoms with E-state index in [1.165, 1.54) is 0 Å². The first kappa shape index (κ1) is 16.4. The maximum atomic E-state index is 12.2. The molecule has 7 heteroatoms. The Kier molecular flexibility index (Phi) is 4.74. The van der Waals surface area contributed by atoms with Crippen molar-refractivity contribution in [2.75, 3.05) is 0 Å². The molecule has 24 heavy (non-hydrogen) atoms. The third kappa shape index (κ3) is 3.53. The predicted octanol–water partition coefficient (Wildman–Crippen LogP) is 3.48. The summed E-state index contributed by atoms with van der Waals surface area (Å²) in [5, 5.41) is 1.59. The van der Waals surface area contributed by atoms with Crippen LogP contribution in [0, 0.1) is 0 Å². The number of carbonyl (C=O) groups is 2. The van der Waals surface area contributed by atoms with Crippen molar-refractivity contribution in [3.8, 4) is 0 Å². The third-order valence-corrected chi connectivity index (χ3v) is 4.24. The van der Waals surface area contributed by atoms with Gasteiger partial charge in [0.1, 0.15) is 0 Å². The monoisotopic (exact) mass is 361 g/mol. The van der Waals surface area contributed by atoms with Crippen molar-refractivity contribution in [2.45, 2.75) is 6.42 Å². The van der Waals surface area contributed by atoms with Crippen molar-refractivity contribution in [2.24, 2.45) is 0 Å². The molecule has 0 bridgehead atoms. The smallest absolute Gasteiger partial charge is 0.271 e. The Morgan fingerprint density at radius 2 is 1.79 bits per heavy atom. The lowest BCUT2D eigenvalue weighted by Crippen LogP contribution is -2.42. The molecule has 1 aromatic heterocycles. The van der Waals surface area contributed by atoms with Crippen LogP contribution < -0.4 is 10.9 Å². The Labute approximate surface area is 147 Å². The largest absolute Gasteiger partial charge is 0.360 e. The zero-order valence-electron chi connectivity index (χ0n) is 12.4. The van der Waals surface area contributed by atoms with Crippen LogP contribution in [0.15, 0.2) is 48.7 Å². The van der Waals surface area contributed by atoms with Crippen molar-refractivity contribution in [3.63, 3.8) is 0 Å². The molecular formula is C17H13Cl2N3O2. The molecule has 3 rings (SSSR count). The number of halogens is 2. The normalized spacial score (nSPS) is 10.6. The highest BCUT2D eigenvalue weighted by Gasteiger charge is 2.12. The van der Waals surface area contributed by atoms with Gasteiger partial charge in [0.25, 0.3) is 5.91 Å². The van der Waals surface area contributed by atoms with E-state index in [0.717, 1.165) is 10.9 Å². The van der Waals surface area contributed by atoms with E-state index in [4.69, 9.17) is 23.2 Å². The molecule has 0 saturated heterocycles. The molecule has 122 valence electrons. The van der Waals surface area contributed by atoms with Crippen LogP contribution in [-0.4, -0.2) is 16.8 Å². The van der Waals surface area contributed by atoms with E-state index in [-0.39, 0.29) is 12.3 Å². The van der Waals surface area contributed by atoms with Gasteiger partial charge in [-0.15, -0.1) is 0 Å². The zero-order chi connectivity index (χ0) is 17.1. The number of benzene rings is 2. The second kappa shape index (κ2) is 6.95. The quantitative estimate of drug-likeness (QED) is 0.624. The fourth-order valence-electron chi connectivity index (χ4n) is 2.33. The molecule has 1 heterocycles. The summed E-state index contributed by atoms with van der Waals surface area (Å²) < 4.78 is 0. The number of amides is 2. The average molecular weight is 362 g/mol. The lowest BCUT2D eigenvalue weighted by Gasteiger charge is -2.07. The summed E-state index contributed by atoms with van der Waals surface area (Å²) in [6.45, 7) is 0. The molecule has 0 unspecified atom stereocenters. The SMILES string of the molecule is O=C(Cc1ccc(Cl)c(Cl)c1)NNC(=O)c1c[nH]c2ccccc12. The molecular weight excluding hydrogens is 349 g/mol. The van der Waals surface area contributed by atoms with Crippen molar-refractivity contribution in [1.82, 2.24) is 15.8 Å². The molecule has 0 atom stereocenters. The minimum Gasteiger partial charge on any atom is -0.360 e. The Balaban J connectivity index is 1.61. The molecule has 0 radical (unpaired) electrons. The van der Waals surface area contributed by atoms with Gasteiger partial charge in [0.2, 0.25) is 5.91 Å². The van der Waals surface area contributed by atoms with Crippen LogP contribution in [0.3, 0.4) is 0 Å². The fourth-order valence-corrected chi connectivity index (χ4v) is 2.65. The maximum Gasteiger partial charge on any atom is 0.271 e. The molecule has 0 saturated carbocycles. The number of rotatable bonds is 3. The minimum absolute atomic E-state index is 0.0745. The van der Waals surface area contributed by atoms with E-state index in [0.29, 0.717) is 21.2 Å². The lowest BCUT2D eigenvalue weighted by molar-refractivity contribution is -0.121. The zero-order valence-corrected chi connectivity index (χ0v) is 13.9. The third-order valence-electron chi connectivity index (χ3n) is 3.50. The molecule has 0 aliphatic rings. The fraction of sp³-hybridized carbons (Fsp3) is 0.0588. The summed E-state index contributed by atoms with van der Waals surface area (Å²) in [5.41, 5.74) is 6.80. The molecule has 2 amide bonds. The highest BCUT2D eigenvalue weighted by molar-refractivity contribution is 6.42. The van der Waals surface area contributed by atoms with E-state index in [1.54, 1.807) is 24.4 Å². The maximum absolute atomic E-state index is 12.2. The van der Waals surface area contributed by atoms with Crippen LogP contribution in [-0.2, 0) is 11.2 Å². The van der Waals surface area contributed by atoms with E-state index in [9.17, 15) is 9.59 Å². The van der Waals surface area contributed by atoms with E-state index in [1.807, 2.05) is 24.3 Å². The summed E-state index contributed by atoms with van der Waals surface area (Å²) in [5.74, 6) is -0.753. The second-order valence-corrected chi connectivity index (χ2v) is 5.99. The summed E-state index contributed by atoms with van der Waals surface area (Å²) in [7, 11) is 0. The first-order valence-corrected chi connectivity index (χ1v) is 7.89. The number of H-pyrrole nitrogens is 1. The van der Waals surface area contributed by atoms with Gasteiger partial charge < -0.3 is 4.98 Å². The first-order chi connectivity index (χ1) is 11.5. The number of aromatic nitrogens is 1. The molecule has 0 fully saturated rings. The van der Waals surface area contributed by atoms with E-state index in [2.05, 4.69) is 15.8 Å². The van der Waals surface area contributed by atoms with Gasteiger partial charge in [0, 0.05) is 17.1 Å². The van der Waals surface area contributed by atoms with Gasteiger partial charge in [0.05, 0.1) is 22.0 Å². The number of carbonyl (C=O) groups excluding carboxylic acids is 2. The topological polar surface area (TPSA) is 74.0 Å². The van der Waals surface area contributed by atoms with Crippen molar-refractivity contribution >= 4 is 45.9 Å². The highest BCUT2D eigenvalue weighted by atomic mass is 35.5. The van der Waals surface area contributed by atoms with Gasteiger partial charge in [-0.3, -0.25) is 20.4 Å². The number of aromatic amines is 1. The van der Waals surface area contributed by atoms with Crippen molar-refractivity contribution < 1.29 is 9.59 Å². The van der Waals surface area contributed by atoms with Crippen LogP contribution in [0.2, 0.25) is 10.0 Å². The molecule has 0 aliphatic carbocycles. The van der Waals surface area contributed by atoms with Crippen LogP contribution in [0.5, 0.6) is 0 Å². The lowest BCUT2D eigenvalue weighted by atomic mass is 10.1. The number of hydrogen-bond acceptors (Lipinski definition) is 2. The van der Waals surface area contributed by atoms with Gasteiger partial charge >= 0.3 is 0 Å². The number of para-hydroxylation sites is 1. The molecule has 0 aliphatic heterocycles. The molecule has 0 spiro atoms. The Bertz CT molecular complexity index is 921. The van der Waals surface area contributed by atoms with Crippen molar-refractivity contribution in [3.05, 3.63) is 69.8 Å². The van der Waals surface area contributed by atoms with Crippen LogP contribution in [0.25, 0.3) is 10.9 Å². The van der Waals surface area contributed by atoms with Gasteiger partial charge in [-0.25, -0.2) is 0 Å².